The molecule has 0 aromatic heterocycles. The second kappa shape index (κ2) is 15.7. The van der Waals surface area contributed by atoms with Gasteiger partial charge in [-0.1, -0.05) is 48.5 Å². The average Bonchev–Trinajstić information content (AvgIpc) is 3.14. The highest BCUT2D eigenvalue weighted by Crippen LogP contribution is 2.41. The van der Waals surface area contributed by atoms with Crippen LogP contribution in [0.3, 0.4) is 0 Å². The van der Waals surface area contributed by atoms with Gasteiger partial charge >= 0.3 is 22.5 Å². The minimum absolute atomic E-state index is 0.380. The number of benzene rings is 6. The molecule has 6 rings (SSSR count). The zero-order chi connectivity index (χ0) is 34.9. The van der Waals surface area contributed by atoms with E-state index in [9.17, 15) is 10.0 Å². The lowest BCUT2D eigenvalue weighted by Crippen LogP contribution is -2.29. The van der Waals surface area contributed by atoms with Crippen molar-refractivity contribution in [3.8, 4) is 46.0 Å². The van der Waals surface area contributed by atoms with Crippen molar-refractivity contribution in [2.45, 2.75) is 12.3 Å². The summed E-state index contributed by atoms with van der Waals surface area (Å²) >= 11 is 0. The Hall–Kier alpha value is -5.65. The smallest absolute Gasteiger partial charge is 0.537 e. The maximum absolute atomic E-state index is 9.39. The molecule has 4 N–H and O–H groups in total. The molecule has 50 heavy (non-hydrogen) atoms. The quantitative estimate of drug-likeness (QED) is 0.0831. The van der Waals surface area contributed by atoms with Crippen LogP contribution in [0.5, 0.6) is 46.0 Å². The van der Waals surface area contributed by atoms with Crippen molar-refractivity contribution in [2.75, 3.05) is 0 Å². The van der Waals surface area contributed by atoms with Crippen LogP contribution in [0.1, 0.15) is 23.6 Å². The molecule has 9 nitrogen and oxygen atoms in total. The molecular formula is C38H31B3O9. The van der Waals surface area contributed by atoms with E-state index in [1.165, 1.54) is 0 Å². The average molecular weight is 664 g/mol. The Morgan fingerprint density at radius 2 is 0.640 bits per heavy atom. The molecule has 246 valence electrons. The van der Waals surface area contributed by atoms with Gasteiger partial charge in [0.05, 0.1) is 0 Å². The maximum Gasteiger partial charge on any atom is 0.569 e. The van der Waals surface area contributed by atoms with Crippen LogP contribution in [0.25, 0.3) is 0 Å². The Balaban J connectivity index is 1.27. The molecule has 0 saturated carbocycles. The SMILES string of the molecule is CC(c1ccc(Oc2ccc(O[B]O)cc2)cc1)(c1ccc(Oc2ccc(O[B]O)cc2)cc1)c1ccc(Oc2ccc(B(O)O)cc2)cc1. The van der Waals surface area contributed by atoms with E-state index in [0.717, 1.165) is 16.7 Å². The second-order valence-electron chi connectivity index (χ2n) is 11.3. The number of ether oxygens (including phenoxy) is 3. The lowest BCUT2D eigenvalue weighted by molar-refractivity contribution is 0.425. The lowest BCUT2D eigenvalue weighted by Gasteiger charge is -2.32. The van der Waals surface area contributed by atoms with Crippen LogP contribution < -0.4 is 29.0 Å². The van der Waals surface area contributed by atoms with Crippen molar-refractivity contribution < 1.29 is 43.6 Å². The highest BCUT2D eigenvalue weighted by Gasteiger charge is 2.31. The van der Waals surface area contributed by atoms with Gasteiger partial charge in [0.2, 0.25) is 0 Å². The summed E-state index contributed by atoms with van der Waals surface area (Å²) in [6.45, 7) is 2.15. The number of rotatable bonds is 14. The van der Waals surface area contributed by atoms with Crippen molar-refractivity contribution >= 4 is 28.0 Å². The van der Waals surface area contributed by atoms with E-state index in [0.29, 0.717) is 66.8 Å². The first-order valence-electron chi connectivity index (χ1n) is 15.6. The lowest BCUT2D eigenvalue weighted by atomic mass is 9.71. The molecule has 0 fully saturated rings. The van der Waals surface area contributed by atoms with Crippen LogP contribution in [0.2, 0.25) is 0 Å². The van der Waals surface area contributed by atoms with E-state index < -0.39 is 12.5 Å². The molecule has 0 bridgehead atoms. The van der Waals surface area contributed by atoms with E-state index in [1.807, 2.05) is 72.8 Å². The molecule has 0 aliphatic rings. The molecule has 0 aliphatic heterocycles. The minimum atomic E-state index is -1.54. The number of hydrogen-bond acceptors (Lipinski definition) is 9. The summed E-state index contributed by atoms with van der Waals surface area (Å²) in [6, 6.07) is 44.1. The van der Waals surface area contributed by atoms with E-state index in [1.54, 1.807) is 72.8 Å². The Kier molecular flexibility index (Phi) is 10.8. The van der Waals surface area contributed by atoms with Crippen molar-refractivity contribution in [3.05, 3.63) is 162 Å². The normalized spacial score (nSPS) is 10.9. The summed E-state index contributed by atoms with van der Waals surface area (Å²) in [4.78, 5) is 0. The number of hydrogen-bond donors (Lipinski definition) is 4. The fraction of sp³-hybridized carbons (Fsp3) is 0.0526. The molecular weight excluding hydrogens is 633 g/mol. The molecule has 0 amide bonds. The monoisotopic (exact) mass is 664 g/mol. The largest absolute Gasteiger partial charge is 0.569 e. The molecule has 0 aliphatic carbocycles. The van der Waals surface area contributed by atoms with Crippen LogP contribution in [0, 0.1) is 0 Å². The van der Waals surface area contributed by atoms with Crippen LogP contribution in [0.15, 0.2) is 146 Å². The molecule has 0 spiro atoms. The van der Waals surface area contributed by atoms with Gasteiger partial charge in [-0.2, -0.15) is 0 Å². The zero-order valence-corrected chi connectivity index (χ0v) is 26.9. The minimum Gasteiger partial charge on any atom is -0.537 e. The van der Waals surface area contributed by atoms with E-state index in [-0.39, 0.29) is 0 Å². The molecule has 0 saturated heterocycles. The first-order valence-corrected chi connectivity index (χ1v) is 15.6. The van der Waals surface area contributed by atoms with Gasteiger partial charge < -0.3 is 43.6 Å². The molecule has 6 aromatic carbocycles. The molecule has 0 heterocycles. The van der Waals surface area contributed by atoms with E-state index in [2.05, 4.69) is 6.92 Å². The van der Waals surface area contributed by atoms with Gasteiger partial charge in [-0.05, 0) is 126 Å². The zero-order valence-electron chi connectivity index (χ0n) is 26.9. The van der Waals surface area contributed by atoms with Crippen molar-refractivity contribution in [3.63, 3.8) is 0 Å². The van der Waals surface area contributed by atoms with Gasteiger partial charge in [-0.25, -0.2) is 0 Å². The summed E-state index contributed by atoms with van der Waals surface area (Å²) in [6.07, 6.45) is 0. The third kappa shape index (κ3) is 8.14. The Bertz CT molecular complexity index is 1860. The van der Waals surface area contributed by atoms with Gasteiger partial charge in [0, 0.05) is 5.41 Å². The summed E-state index contributed by atoms with van der Waals surface area (Å²) in [5.74, 6) is 4.71. The third-order valence-electron chi connectivity index (χ3n) is 8.21. The van der Waals surface area contributed by atoms with Gasteiger partial charge in [0.25, 0.3) is 0 Å². The predicted octanol–water partition coefficient (Wildman–Crippen LogP) is 5.91. The van der Waals surface area contributed by atoms with Crippen molar-refractivity contribution in [2.24, 2.45) is 0 Å². The molecule has 2 radical (unpaired) electrons. The maximum atomic E-state index is 9.39. The Labute approximate surface area is 291 Å². The summed E-state index contributed by atoms with van der Waals surface area (Å²) < 4.78 is 28.1. The van der Waals surface area contributed by atoms with Gasteiger partial charge in [-0.15, -0.1) is 0 Å². The van der Waals surface area contributed by atoms with Crippen molar-refractivity contribution in [1.82, 2.24) is 0 Å². The Morgan fingerprint density at radius 1 is 0.400 bits per heavy atom. The topological polar surface area (TPSA) is 127 Å². The van der Waals surface area contributed by atoms with Gasteiger partial charge in [0.1, 0.15) is 46.0 Å². The highest BCUT2D eigenvalue weighted by atomic mass is 16.5. The van der Waals surface area contributed by atoms with Crippen molar-refractivity contribution in [1.29, 1.82) is 0 Å². The fourth-order valence-electron chi connectivity index (χ4n) is 5.48. The van der Waals surface area contributed by atoms with Crippen LogP contribution in [-0.2, 0) is 5.41 Å². The second-order valence-corrected chi connectivity index (χ2v) is 11.3. The fourth-order valence-corrected chi connectivity index (χ4v) is 5.48. The predicted molar refractivity (Wildman–Crippen MR) is 191 cm³/mol. The van der Waals surface area contributed by atoms with Crippen LogP contribution >= 0.6 is 0 Å². The van der Waals surface area contributed by atoms with Crippen LogP contribution in [0.4, 0.5) is 0 Å². The summed E-state index contributed by atoms with van der Waals surface area (Å²) in [5.41, 5.74) is 2.82. The molecule has 12 heteroatoms. The molecule has 0 unspecified atom stereocenters. The third-order valence-corrected chi connectivity index (χ3v) is 8.21. The first-order chi connectivity index (χ1) is 24.3. The van der Waals surface area contributed by atoms with Gasteiger partial charge in [-0.3, -0.25) is 0 Å². The highest BCUT2D eigenvalue weighted by molar-refractivity contribution is 6.58. The van der Waals surface area contributed by atoms with E-state index in [4.69, 9.17) is 33.6 Å². The Morgan fingerprint density at radius 3 is 0.900 bits per heavy atom. The summed E-state index contributed by atoms with van der Waals surface area (Å²) in [7, 11) is -0.284. The standard InChI is InChI=1S/C38H31B3O9/c1-38(26-2-10-30(11-3-26)46-33-16-8-29(9-17-33)41(44)45,27-4-12-31(13-5-27)47-34-18-22-36(23-19-34)49-39-42)28-6-14-32(15-7-28)48-35-20-24-37(25-21-35)50-40-43/h2-25,42-45H,1H3. The first kappa shape index (κ1) is 34.2. The van der Waals surface area contributed by atoms with Gasteiger partial charge in [0.15, 0.2) is 0 Å². The summed E-state index contributed by atoms with van der Waals surface area (Å²) in [5, 5.41) is 36.5. The van der Waals surface area contributed by atoms with E-state index >= 15 is 0 Å². The molecule has 6 aromatic rings. The van der Waals surface area contributed by atoms with Crippen LogP contribution in [-0.4, -0.2) is 42.6 Å². The molecule has 0 atom stereocenters.